The summed E-state index contributed by atoms with van der Waals surface area (Å²) in [5, 5.41) is 7.13. The lowest BCUT2D eigenvalue weighted by Crippen LogP contribution is -2.25. The summed E-state index contributed by atoms with van der Waals surface area (Å²) in [6.07, 6.45) is 5.94. The highest BCUT2D eigenvalue weighted by Crippen LogP contribution is 2.35. The SMILES string of the molecule is CCn1cc([C@H]2OCC[C@@H]2C(=O)Nc2ccc(C)cn2)cn1. The Balaban J connectivity index is 1.72. The first kappa shape index (κ1) is 14.7. The topological polar surface area (TPSA) is 69.0 Å². The van der Waals surface area contributed by atoms with Gasteiger partial charge in [0.2, 0.25) is 5.91 Å². The molecule has 116 valence electrons. The molecule has 0 unspecified atom stereocenters. The van der Waals surface area contributed by atoms with Crippen molar-refractivity contribution < 1.29 is 9.53 Å². The average molecular weight is 300 g/mol. The van der Waals surface area contributed by atoms with Crippen molar-refractivity contribution in [1.29, 1.82) is 0 Å². The second-order valence-corrected chi connectivity index (χ2v) is 5.53. The minimum absolute atomic E-state index is 0.0527. The summed E-state index contributed by atoms with van der Waals surface area (Å²) in [6, 6.07) is 3.74. The van der Waals surface area contributed by atoms with E-state index in [1.54, 1.807) is 12.4 Å². The van der Waals surface area contributed by atoms with Crippen molar-refractivity contribution >= 4 is 11.7 Å². The number of aryl methyl sites for hydroxylation is 2. The molecular formula is C16H20N4O2. The number of pyridine rings is 1. The van der Waals surface area contributed by atoms with Crippen molar-refractivity contribution in [3.63, 3.8) is 0 Å². The van der Waals surface area contributed by atoms with Gasteiger partial charge in [0.1, 0.15) is 5.82 Å². The van der Waals surface area contributed by atoms with Crippen LogP contribution in [0.4, 0.5) is 5.82 Å². The lowest BCUT2D eigenvalue weighted by molar-refractivity contribution is -0.121. The van der Waals surface area contributed by atoms with E-state index in [0.29, 0.717) is 18.8 Å². The zero-order valence-corrected chi connectivity index (χ0v) is 12.8. The van der Waals surface area contributed by atoms with Crippen molar-refractivity contribution in [2.75, 3.05) is 11.9 Å². The molecule has 2 atom stereocenters. The predicted molar refractivity (Wildman–Crippen MR) is 82.3 cm³/mol. The number of amides is 1. The van der Waals surface area contributed by atoms with Crippen LogP contribution in [-0.4, -0.2) is 27.3 Å². The Bertz CT molecular complexity index is 650. The van der Waals surface area contributed by atoms with Crippen molar-refractivity contribution in [1.82, 2.24) is 14.8 Å². The smallest absolute Gasteiger partial charge is 0.231 e. The largest absolute Gasteiger partial charge is 0.373 e. The van der Waals surface area contributed by atoms with Gasteiger partial charge in [0.05, 0.1) is 18.2 Å². The maximum absolute atomic E-state index is 12.5. The summed E-state index contributed by atoms with van der Waals surface area (Å²) in [7, 11) is 0. The number of nitrogens with one attached hydrogen (secondary N) is 1. The van der Waals surface area contributed by atoms with E-state index in [2.05, 4.69) is 15.4 Å². The fourth-order valence-corrected chi connectivity index (χ4v) is 2.65. The summed E-state index contributed by atoms with van der Waals surface area (Å²) in [5.74, 6) is 0.311. The summed E-state index contributed by atoms with van der Waals surface area (Å²) < 4.78 is 7.59. The van der Waals surface area contributed by atoms with Gasteiger partial charge < -0.3 is 10.1 Å². The molecular weight excluding hydrogens is 280 g/mol. The van der Waals surface area contributed by atoms with Crippen molar-refractivity contribution in [2.45, 2.75) is 32.9 Å². The Morgan fingerprint density at radius 1 is 1.45 bits per heavy atom. The third-order valence-electron chi connectivity index (χ3n) is 3.90. The standard InChI is InChI=1S/C16H20N4O2/c1-3-20-10-12(9-18-20)15-13(6-7-22-15)16(21)19-14-5-4-11(2)8-17-14/h4-5,8-10,13,15H,3,6-7H2,1-2H3,(H,17,19,21)/t13-,15+/m0/s1. The van der Waals surface area contributed by atoms with Crippen LogP contribution < -0.4 is 5.32 Å². The van der Waals surface area contributed by atoms with Crippen molar-refractivity contribution in [3.8, 4) is 0 Å². The fraction of sp³-hybridized carbons (Fsp3) is 0.438. The number of nitrogens with zero attached hydrogens (tertiary/aromatic N) is 3. The number of carbonyl (C=O) groups is 1. The van der Waals surface area contributed by atoms with Gasteiger partial charge in [-0.3, -0.25) is 9.48 Å². The van der Waals surface area contributed by atoms with Gasteiger partial charge in [0.25, 0.3) is 0 Å². The molecule has 1 saturated heterocycles. The molecule has 0 saturated carbocycles. The van der Waals surface area contributed by atoms with E-state index in [-0.39, 0.29) is 17.9 Å². The van der Waals surface area contributed by atoms with E-state index < -0.39 is 0 Å². The van der Waals surface area contributed by atoms with Crippen LogP contribution in [0, 0.1) is 12.8 Å². The van der Waals surface area contributed by atoms with Gasteiger partial charge in [-0.15, -0.1) is 0 Å². The highest BCUT2D eigenvalue weighted by molar-refractivity contribution is 5.92. The first-order valence-corrected chi connectivity index (χ1v) is 7.55. The predicted octanol–water partition coefficient (Wildman–Crippen LogP) is 2.32. The third kappa shape index (κ3) is 3.01. The number of aromatic nitrogens is 3. The van der Waals surface area contributed by atoms with E-state index in [1.165, 1.54) is 0 Å². The molecule has 6 nitrogen and oxygen atoms in total. The van der Waals surface area contributed by atoms with E-state index >= 15 is 0 Å². The number of hydrogen-bond donors (Lipinski definition) is 1. The van der Waals surface area contributed by atoms with Crippen LogP contribution in [0.1, 0.15) is 30.6 Å². The first-order chi connectivity index (χ1) is 10.7. The molecule has 3 rings (SSSR count). The number of rotatable bonds is 4. The van der Waals surface area contributed by atoms with Crippen LogP contribution >= 0.6 is 0 Å². The molecule has 1 aliphatic rings. The van der Waals surface area contributed by atoms with E-state index in [0.717, 1.165) is 17.7 Å². The van der Waals surface area contributed by atoms with E-state index in [9.17, 15) is 4.79 Å². The Hall–Kier alpha value is -2.21. The average Bonchev–Trinajstić information content (AvgIpc) is 3.17. The van der Waals surface area contributed by atoms with E-state index in [4.69, 9.17) is 4.74 Å². The normalized spacial score (nSPS) is 21.0. The Morgan fingerprint density at radius 2 is 2.32 bits per heavy atom. The number of carbonyl (C=O) groups excluding carboxylic acids is 1. The van der Waals surface area contributed by atoms with Gasteiger partial charge in [-0.25, -0.2) is 4.98 Å². The maximum atomic E-state index is 12.5. The second kappa shape index (κ2) is 6.27. The minimum atomic E-state index is -0.231. The van der Waals surface area contributed by atoms with Crippen LogP contribution in [-0.2, 0) is 16.1 Å². The van der Waals surface area contributed by atoms with Gasteiger partial charge >= 0.3 is 0 Å². The third-order valence-corrected chi connectivity index (χ3v) is 3.90. The number of hydrogen-bond acceptors (Lipinski definition) is 4. The van der Waals surface area contributed by atoms with Gasteiger partial charge in [0, 0.05) is 31.1 Å². The molecule has 2 aromatic heterocycles. The molecule has 1 aliphatic heterocycles. The van der Waals surface area contributed by atoms with Crippen LogP contribution in [0.2, 0.25) is 0 Å². The lowest BCUT2D eigenvalue weighted by Gasteiger charge is -2.16. The molecule has 2 aromatic rings. The molecule has 6 heteroatoms. The summed E-state index contributed by atoms with van der Waals surface area (Å²) in [4.78, 5) is 16.7. The molecule has 3 heterocycles. The van der Waals surface area contributed by atoms with Crippen molar-refractivity contribution in [3.05, 3.63) is 41.9 Å². The highest BCUT2D eigenvalue weighted by atomic mass is 16.5. The quantitative estimate of drug-likeness (QED) is 0.941. The van der Waals surface area contributed by atoms with Crippen LogP contribution in [0.25, 0.3) is 0 Å². The zero-order chi connectivity index (χ0) is 15.5. The fourth-order valence-electron chi connectivity index (χ4n) is 2.65. The maximum Gasteiger partial charge on any atom is 0.231 e. The zero-order valence-electron chi connectivity index (χ0n) is 12.8. The van der Waals surface area contributed by atoms with E-state index in [1.807, 2.05) is 36.9 Å². The molecule has 0 spiro atoms. The molecule has 0 bridgehead atoms. The van der Waals surface area contributed by atoms with Gasteiger partial charge in [-0.1, -0.05) is 6.07 Å². The molecule has 0 aliphatic carbocycles. The summed E-state index contributed by atoms with van der Waals surface area (Å²) >= 11 is 0. The highest BCUT2D eigenvalue weighted by Gasteiger charge is 2.36. The minimum Gasteiger partial charge on any atom is -0.373 e. The Labute approximate surface area is 129 Å². The van der Waals surface area contributed by atoms with Gasteiger partial charge in [0.15, 0.2) is 0 Å². The van der Waals surface area contributed by atoms with Gasteiger partial charge in [-0.05, 0) is 31.9 Å². The second-order valence-electron chi connectivity index (χ2n) is 5.53. The molecule has 1 fully saturated rings. The number of anilines is 1. The number of ether oxygens (including phenoxy) is 1. The molecule has 22 heavy (non-hydrogen) atoms. The summed E-state index contributed by atoms with van der Waals surface area (Å²) in [6.45, 7) is 5.38. The van der Waals surface area contributed by atoms with Gasteiger partial charge in [-0.2, -0.15) is 5.10 Å². The monoisotopic (exact) mass is 300 g/mol. The lowest BCUT2D eigenvalue weighted by atomic mass is 9.96. The molecule has 1 N–H and O–H groups in total. The molecule has 1 amide bonds. The van der Waals surface area contributed by atoms with Crippen molar-refractivity contribution in [2.24, 2.45) is 5.92 Å². The van der Waals surface area contributed by atoms with Crippen LogP contribution in [0.5, 0.6) is 0 Å². The molecule has 0 aromatic carbocycles. The van der Waals surface area contributed by atoms with Crippen LogP contribution in [0.3, 0.4) is 0 Å². The first-order valence-electron chi connectivity index (χ1n) is 7.55. The Kier molecular flexibility index (Phi) is 4.20. The summed E-state index contributed by atoms with van der Waals surface area (Å²) in [5.41, 5.74) is 2.02. The Morgan fingerprint density at radius 3 is 3.00 bits per heavy atom. The van der Waals surface area contributed by atoms with Crippen LogP contribution in [0.15, 0.2) is 30.7 Å². The molecule has 0 radical (unpaired) electrons.